The highest BCUT2D eigenvalue weighted by Crippen LogP contribution is 2.38. The quantitative estimate of drug-likeness (QED) is 0.770. The third-order valence-electron chi connectivity index (χ3n) is 6.07. The molecule has 2 saturated heterocycles. The minimum atomic E-state index is -0.622. The van der Waals surface area contributed by atoms with Crippen molar-refractivity contribution in [2.75, 3.05) is 6.61 Å². The summed E-state index contributed by atoms with van der Waals surface area (Å²) in [6, 6.07) is 1.55. The Labute approximate surface area is 153 Å². The van der Waals surface area contributed by atoms with E-state index in [1.165, 1.54) is 0 Å². The van der Waals surface area contributed by atoms with Gasteiger partial charge in [-0.2, -0.15) is 5.10 Å². The number of halogens is 1. The van der Waals surface area contributed by atoms with Gasteiger partial charge >= 0.3 is 7.12 Å². The summed E-state index contributed by atoms with van der Waals surface area (Å²) < 4.78 is 34.8. The zero-order chi connectivity index (χ0) is 18.7. The van der Waals surface area contributed by atoms with Crippen LogP contribution in [0.25, 0.3) is 10.9 Å². The van der Waals surface area contributed by atoms with Crippen LogP contribution in [0.2, 0.25) is 0 Å². The second-order valence-corrected chi connectivity index (χ2v) is 8.33. The van der Waals surface area contributed by atoms with Crippen molar-refractivity contribution in [1.29, 1.82) is 0 Å². The number of fused-ring (bicyclic) bond motifs is 1. The normalized spacial score (nSPS) is 25.2. The number of nitrogens with zero attached hydrogens (tertiary/aromatic N) is 2. The first-order chi connectivity index (χ1) is 12.2. The summed E-state index contributed by atoms with van der Waals surface area (Å²) in [6.07, 6.45) is 4.67. The van der Waals surface area contributed by atoms with Gasteiger partial charge in [-0.05, 0) is 64.9 Å². The maximum atomic E-state index is 14.8. The SMILES string of the molecule is Cc1c(F)cc2c(cnn2C2CCCCO2)c1B1OC(C)(C)C(C)(C)O1. The largest absolute Gasteiger partial charge is 0.495 e. The van der Waals surface area contributed by atoms with Crippen LogP contribution in [-0.4, -0.2) is 34.7 Å². The van der Waals surface area contributed by atoms with E-state index in [4.69, 9.17) is 14.0 Å². The van der Waals surface area contributed by atoms with Gasteiger partial charge in [0, 0.05) is 18.1 Å². The van der Waals surface area contributed by atoms with E-state index in [1.54, 1.807) is 23.9 Å². The zero-order valence-corrected chi connectivity index (χ0v) is 16.1. The van der Waals surface area contributed by atoms with Crippen LogP contribution in [0.1, 0.15) is 58.7 Å². The molecule has 1 aromatic carbocycles. The van der Waals surface area contributed by atoms with Gasteiger partial charge in [0.25, 0.3) is 0 Å². The van der Waals surface area contributed by atoms with Crippen LogP contribution < -0.4 is 5.46 Å². The van der Waals surface area contributed by atoms with Crippen LogP contribution >= 0.6 is 0 Å². The average molecular weight is 360 g/mol. The van der Waals surface area contributed by atoms with E-state index in [0.29, 0.717) is 12.2 Å². The molecule has 26 heavy (non-hydrogen) atoms. The molecule has 0 spiro atoms. The van der Waals surface area contributed by atoms with Gasteiger partial charge in [-0.3, -0.25) is 0 Å². The van der Waals surface area contributed by atoms with Gasteiger partial charge in [0.2, 0.25) is 0 Å². The predicted octanol–water partition coefficient (Wildman–Crippen LogP) is 3.48. The van der Waals surface area contributed by atoms with E-state index < -0.39 is 18.3 Å². The Balaban J connectivity index is 1.82. The third-order valence-corrected chi connectivity index (χ3v) is 6.07. The molecule has 3 heterocycles. The van der Waals surface area contributed by atoms with Crippen LogP contribution in [0.3, 0.4) is 0 Å². The molecule has 7 heteroatoms. The molecular formula is C19H26BFN2O3. The van der Waals surface area contributed by atoms with Crippen molar-refractivity contribution in [3.05, 3.63) is 23.6 Å². The number of hydrogen-bond acceptors (Lipinski definition) is 4. The molecule has 140 valence electrons. The van der Waals surface area contributed by atoms with E-state index in [9.17, 15) is 4.39 Å². The highest BCUT2D eigenvalue weighted by Gasteiger charge is 2.52. The topological polar surface area (TPSA) is 45.5 Å². The van der Waals surface area contributed by atoms with Gasteiger partial charge in [-0.1, -0.05) is 0 Å². The van der Waals surface area contributed by atoms with Gasteiger partial charge < -0.3 is 14.0 Å². The van der Waals surface area contributed by atoms with Gasteiger partial charge in [-0.15, -0.1) is 0 Å². The van der Waals surface area contributed by atoms with Gasteiger partial charge in [0.05, 0.1) is 22.9 Å². The van der Waals surface area contributed by atoms with Crippen LogP contribution in [0.4, 0.5) is 4.39 Å². The molecule has 0 bridgehead atoms. The Bertz CT molecular complexity index is 827. The van der Waals surface area contributed by atoms with Crippen molar-refractivity contribution in [3.8, 4) is 0 Å². The van der Waals surface area contributed by atoms with E-state index in [0.717, 1.165) is 35.6 Å². The fourth-order valence-corrected chi connectivity index (χ4v) is 3.69. The Morgan fingerprint density at radius 1 is 1.19 bits per heavy atom. The third kappa shape index (κ3) is 2.68. The lowest BCUT2D eigenvalue weighted by molar-refractivity contribution is -0.0366. The molecular weight excluding hydrogens is 334 g/mol. The molecule has 0 N–H and O–H groups in total. The Kier molecular flexibility index (Phi) is 4.17. The molecule has 0 aliphatic carbocycles. The molecule has 0 saturated carbocycles. The second kappa shape index (κ2) is 6.04. The number of benzene rings is 1. The first-order valence-electron chi connectivity index (χ1n) is 9.35. The number of hydrogen-bond donors (Lipinski definition) is 0. The first kappa shape index (κ1) is 18.0. The van der Waals surface area contributed by atoms with Gasteiger partial charge in [0.15, 0.2) is 6.23 Å². The summed E-state index contributed by atoms with van der Waals surface area (Å²) >= 11 is 0. The highest BCUT2D eigenvalue weighted by atomic mass is 19.1. The summed E-state index contributed by atoms with van der Waals surface area (Å²) in [7, 11) is -0.622. The number of rotatable bonds is 2. The molecule has 2 fully saturated rings. The van der Waals surface area contributed by atoms with Crippen LogP contribution in [0.15, 0.2) is 12.3 Å². The Morgan fingerprint density at radius 2 is 1.88 bits per heavy atom. The maximum Gasteiger partial charge on any atom is 0.495 e. The van der Waals surface area contributed by atoms with E-state index in [-0.39, 0.29) is 12.0 Å². The molecule has 1 unspecified atom stereocenters. The summed E-state index contributed by atoms with van der Waals surface area (Å²) in [4.78, 5) is 0. The number of aromatic nitrogens is 2. The fourth-order valence-electron chi connectivity index (χ4n) is 3.69. The van der Waals surface area contributed by atoms with Gasteiger partial charge in [0.1, 0.15) is 5.82 Å². The highest BCUT2D eigenvalue weighted by molar-refractivity contribution is 6.65. The minimum Gasteiger partial charge on any atom is -0.399 e. The Morgan fingerprint density at radius 3 is 2.50 bits per heavy atom. The molecule has 0 radical (unpaired) electrons. The molecule has 2 aromatic rings. The molecule has 5 nitrogen and oxygen atoms in total. The molecule has 0 amide bonds. The monoisotopic (exact) mass is 360 g/mol. The lowest BCUT2D eigenvalue weighted by atomic mass is 9.74. The van der Waals surface area contributed by atoms with Crippen molar-refractivity contribution < 1.29 is 18.4 Å². The lowest BCUT2D eigenvalue weighted by Gasteiger charge is -2.32. The maximum absolute atomic E-state index is 14.8. The summed E-state index contributed by atoms with van der Waals surface area (Å²) in [6.45, 7) is 10.5. The van der Waals surface area contributed by atoms with E-state index >= 15 is 0 Å². The molecule has 1 aromatic heterocycles. The van der Waals surface area contributed by atoms with Crippen molar-refractivity contribution in [2.45, 2.75) is 71.3 Å². The second-order valence-electron chi connectivity index (χ2n) is 8.33. The lowest BCUT2D eigenvalue weighted by Crippen LogP contribution is -2.41. The van der Waals surface area contributed by atoms with E-state index in [1.807, 2.05) is 27.7 Å². The predicted molar refractivity (Wildman–Crippen MR) is 99.0 cm³/mol. The van der Waals surface area contributed by atoms with Crippen molar-refractivity contribution in [2.24, 2.45) is 0 Å². The molecule has 4 rings (SSSR count). The average Bonchev–Trinajstić information content (AvgIpc) is 3.07. The number of ether oxygens (including phenoxy) is 1. The molecule has 2 aliphatic heterocycles. The van der Waals surface area contributed by atoms with Crippen molar-refractivity contribution in [1.82, 2.24) is 9.78 Å². The van der Waals surface area contributed by atoms with E-state index in [2.05, 4.69) is 5.10 Å². The molecule has 2 aliphatic rings. The zero-order valence-electron chi connectivity index (χ0n) is 16.1. The van der Waals surface area contributed by atoms with Crippen LogP contribution in [-0.2, 0) is 14.0 Å². The summed E-state index contributed by atoms with van der Waals surface area (Å²) in [5.41, 5.74) is 1.03. The summed E-state index contributed by atoms with van der Waals surface area (Å²) in [5, 5.41) is 5.38. The fraction of sp³-hybridized carbons (Fsp3) is 0.632. The van der Waals surface area contributed by atoms with Crippen LogP contribution in [0, 0.1) is 12.7 Å². The van der Waals surface area contributed by atoms with Crippen molar-refractivity contribution >= 4 is 23.5 Å². The minimum absolute atomic E-state index is 0.144. The first-order valence-corrected chi connectivity index (χ1v) is 9.35. The van der Waals surface area contributed by atoms with Gasteiger partial charge in [-0.25, -0.2) is 9.07 Å². The summed E-state index contributed by atoms with van der Waals surface area (Å²) in [5.74, 6) is -0.278. The standard InChI is InChI=1S/C19H26BFN2O3/c1-12-14(21)10-15-13(11-22-23(15)16-8-6-7-9-24-16)17(12)20-25-18(2,3)19(4,5)26-20/h10-11,16H,6-9H2,1-5H3. The smallest absolute Gasteiger partial charge is 0.399 e. The Hall–Kier alpha value is -1.44. The van der Waals surface area contributed by atoms with Crippen molar-refractivity contribution in [3.63, 3.8) is 0 Å². The van der Waals surface area contributed by atoms with Crippen LogP contribution in [0.5, 0.6) is 0 Å². The molecule has 1 atom stereocenters.